The summed E-state index contributed by atoms with van der Waals surface area (Å²) >= 11 is 0. The predicted molar refractivity (Wildman–Crippen MR) is 74.4 cm³/mol. The van der Waals surface area contributed by atoms with Gasteiger partial charge in [0, 0.05) is 18.6 Å². The normalized spacial score (nSPS) is 29.2. The summed E-state index contributed by atoms with van der Waals surface area (Å²) < 4.78 is 5.82. The molecule has 2 heterocycles. The van der Waals surface area contributed by atoms with Gasteiger partial charge in [-0.25, -0.2) is 0 Å². The Kier molecular flexibility index (Phi) is 4.13. The van der Waals surface area contributed by atoms with Crippen LogP contribution in [0.2, 0.25) is 0 Å². The Hall–Kier alpha value is -0.800. The third kappa shape index (κ3) is 2.78. The van der Waals surface area contributed by atoms with E-state index in [9.17, 15) is 0 Å². The molecule has 0 bridgehead atoms. The molecule has 0 spiro atoms. The van der Waals surface area contributed by atoms with Crippen molar-refractivity contribution in [3.05, 3.63) is 23.7 Å². The summed E-state index contributed by atoms with van der Waals surface area (Å²) in [6, 6.07) is 4.99. The SMILES string of the molecule is Cc1ccc(C(C(C)N)N2CC(C)CCC2C)o1. The zero-order valence-corrected chi connectivity index (χ0v) is 12.0. The summed E-state index contributed by atoms with van der Waals surface area (Å²) in [4.78, 5) is 2.52. The fraction of sp³-hybridized carbons (Fsp3) is 0.733. The summed E-state index contributed by atoms with van der Waals surface area (Å²) in [5, 5.41) is 0. The van der Waals surface area contributed by atoms with Crippen molar-refractivity contribution in [2.45, 2.75) is 58.7 Å². The van der Waals surface area contributed by atoms with E-state index in [-0.39, 0.29) is 12.1 Å². The molecule has 0 aliphatic carbocycles. The van der Waals surface area contributed by atoms with Gasteiger partial charge in [0.25, 0.3) is 0 Å². The second kappa shape index (κ2) is 5.45. The van der Waals surface area contributed by atoms with Crippen molar-refractivity contribution in [3.63, 3.8) is 0 Å². The van der Waals surface area contributed by atoms with E-state index in [0.29, 0.717) is 6.04 Å². The van der Waals surface area contributed by atoms with Crippen molar-refractivity contribution in [3.8, 4) is 0 Å². The minimum absolute atomic E-state index is 0.0864. The number of likely N-dealkylation sites (tertiary alicyclic amines) is 1. The molecule has 0 aromatic carbocycles. The number of rotatable bonds is 3. The maximum absolute atomic E-state index is 6.21. The minimum Gasteiger partial charge on any atom is -0.465 e. The first-order valence-corrected chi connectivity index (χ1v) is 7.06. The van der Waals surface area contributed by atoms with Crippen molar-refractivity contribution < 1.29 is 4.42 Å². The highest BCUT2D eigenvalue weighted by Crippen LogP contribution is 2.33. The van der Waals surface area contributed by atoms with Crippen LogP contribution in [0.3, 0.4) is 0 Å². The summed E-state index contributed by atoms with van der Waals surface area (Å²) in [5.41, 5.74) is 6.21. The quantitative estimate of drug-likeness (QED) is 0.896. The van der Waals surface area contributed by atoms with E-state index in [1.165, 1.54) is 12.8 Å². The Bertz CT molecular complexity index is 386. The Balaban J connectivity index is 2.24. The lowest BCUT2D eigenvalue weighted by atomic mass is 9.91. The number of furan rings is 1. The molecule has 2 rings (SSSR count). The molecule has 1 aliphatic heterocycles. The second-order valence-corrected chi connectivity index (χ2v) is 5.98. The minimum atomic E-state index is 0.0864. The number of piperidine rings is 1. The van der Waals surface area contributed by atoms with Crippen LogP contribution >= 0.6 is 0 Å². The van der Waals surface area contributed by atoms with Crippen molar-refractivity contribution in [1.29, 1.82) is 0 Å². The molecule has 4 atom stereocenters. The van der Waals surface area contributed by atoms with Crippen molar-refractivity contribution in [2.24, 2.45) is 11.7 Å². The van der Waals surface area contributed by atoms with Crippen molar-refractivity contribution in [1.82, 2.24) is 4.90 Å². The van der Waals surface area contributed by atoms with Gasteiger partial charge in [-0.05, 0) is 51.7 Å². The second-order valence-electron chi connectivity index (χ2n) is 5.98. The summed E-state index contributed by atoms with van der Waals surface area (Å²) in [5.74, 6) is 2.73. The topological polar surface area (TPSA) is 42.4 Å². The van der Waals surface area contributed by atoms with E-state index in [0.717, 1.165) is 24.0 Å². The highest BCUT2D eigenvalue weighted by molar-refractivity contribution is 5.12. The number of nitrogens with two attached hydrogens (primary N) is 1. The van der Waals surface area contributed by atoms with Gasteiger partial charge in [0.15, 0.2) is 0 Å². The molecule has 0 amide bonds. The third-order valence-electron chi connectivity index (χ3n) is 4.07. The van der Waals surface area contributed by atoms with Gasteiger partial charge in [-0.3, -0.25) is 4.90 Å². The lowest BCUT2D eigenvalue weighted by Crippen LogP contribution is -2.48. The van der Waals surface area contributed by atoms with E-state index in [1.807, 2.05) is 13.0 Å². The lowest BCUT2D eigenvalue weighted by Gasteiger charge is -2.42. The highest BCUT2D eigenvalue weighted by atomic mass is 16.3. The largest absolute Gasteiger partial charge is 0.465 e. The molecule has 4 unspecified atom stereocenters. The van der Waals surface area contributed by atoms with E-state index >= 15 is 0 Å². The van der Waals surface area contributed by atoms with Crippen LogP contribution in [0.1, 0.15) is 51.2 Å². The standard InChI is InChI=1S/C15H26N2O/c1-10-5-6-11(2)17(9-10)15(13(4)16)14-8-7-12(3)18-14/h7-8,10-11,13,15H,5-6,9,16H2,1-4H3. The van der Waals surface area contributed by atoms with Gasteiger partial charge in [0.1, 0.15) is 11.5 Å². The molecule has 18 heavy (non-hydrogen) atoms. The van der Waals surface area contributed by atoms with Crippen molar-refractivity contribution in [2.75, 3.05) is 6.54 Å². The first-order chi connectivity index (χ1) is 8.49. The molecule has 3 nitrogen and oxygen atoms in total. The molecule has 2 N–H and O–H groups in total. The van der Waals surface area contributed by atoms with Crippen LogP contribution in [0, 0.1) is 12.8 Å². The van der Waals surface area contributed by atoms with E-state index in [2.05, 4.69) is 31.7 Å². The smallest absolute Gasteiger partial charge is 0.122 e. The number of nitrogens with zero attached hydrogens (tertiary/aromatic N) is 1. The molecule has 1 fully saturated rings. The molecule has 1 saturated heterocycles. The van der Waals surface area contributed by atoms with Gasteiger partial charge in [0.05, 0.1) is 6.04 Å². The van der Waals surface area contributed by atoms with Crippen LogP contribution in [0.15, 0.2) is 16.5 Å². The van der Waals surface area contributed by atoms with Gasteiger partial charge in [0.2, 0.25) is 0 Å². The van der Waals surface area contributed by atoms with Gasteiger partial charge < -0.3 is 10.2 Å². The Morgan fingerprint density at radius 2 is 2.06 bits per heavy atom. The maximum atomic E-state index is 6.21. The molecule has 0 saturated carbocycles. The molecular formula is C15H26N2O. The number of hydrogen-bond donors (Lipinski definition) is 1. The third-order valence-corrected chi connectivity index (χ3v) is 4.07. The van der Waals surface area contributed by atoms with Crippen LogP contribution in [0.4, 0.5) is 0 Å². The zero-order valence-electron chi connectivity index (χ0n) is 12.0. The first kappa shape index (κ1) is 13.6. The van der Waals surface area contributed by atoms with Crippen LogP contribution < -0.4 is 5.73 Å². The van der Waals surface area contributed by atoms with Crippen molar-refractivity contribution >= 4 is 0 Å². The summed E-state index contributed by atoms with van der Waals surface area (Å²) in [6.07, 6.45) is 2.57. The van der Waals surface area contributed by atoms with Gasteiger partial charge in [-0.2, -0.15) is 0 Å². The Labute approximate surface area is 110 Å². The zero-order chi connectivity index (χ0) is 13.3. The van der Waals surface area contributed by atoms with E-state index in [1.54, 1.807) is 0 Å². The molecule has 3 heteroatoms. The Morgan fingerprint density at radius 1 is 1.33 bits per heavy atom. The fourth-order valence-electron chi connectivity index (χ4n) is 3.05. The maximum Gasteiger partial charge on any atom is 0.122 e. The van der Waals surface area contributed by atoms with Crippen LogP contribution in [-0.2, 0) is 0 Å². The molecular weight excluding hydrogens is 224 g/mol. The van der Waals surface area contributed by atoms with Crippen LogP contribution in [0.5, 0.6) is 0 Å². The molecule has 0 radical (unpaired) electrons. The monoisotopic (exact) mass is 250 g/mol. The van der Waals surface area contributed by atoms with Gasteiger partial charge in [-0.15, -0.1) is 0 Å². The summed E-state index contributed by atoms with van der Waals surface area (Å²) in [6.45, 7) is 9.81. The van der Waals surface area contributed by atoms with Crippen LogP contribution in [-0.4, -0.2) is 23.5 Å². The fourth-order valence-corrected chi connectivity index (χ4v) is 3.05. The predicted octanol–water partition coefficient (Wildman–Crippen LogP) is 3.10. The molecule has 102 valence electrons. The van der Waals surface area contributed by atoms with Gasteiger partial charge >= 0.3 is 0 Å². The van der Waals surface area contributed by atoms with E-state index < -0.39 is 0 Å². The van der Waals surface area contributed by atoms with E-state index in [4.69, 9.17) is 10.2 Å². The Morgan fingerprint density at radius 3 is 2.61 bits per heavy atom. The lowest BCUT2D eigenvalue weighted by molar-refractivity contribution is 0.0549. The summed E-state index contributed by atoms with van der Waals surface area (Å²) in [7, 11) is 0. The average Bonchev–Trinajstić information content (AvgIpc) is 2.70. The number of aryl methyl sites for hydroxylation is 1. The average molecular weight is 250 g/mol. The molecule has 1 aromatic heterocycles. The number of hydrogen-bond acceptors (Lipinski definition) is 3. The molecule has 1 aromatic rings. The highest BCUT2D eigenvalue weighted by Gasteiger charge is 2.33. The first-order valence-electron chi connectivity index (χ1n) is 7.06. The van der Waals surface area contributed by atoms with Crippen LogP contribution in [0.25, 0.3) is 0 Å². The molecule has 1 aliphatic rings. The van der Waals surface area contributed by atoms with Gasteiger partial charge in [-0.1, -0.05) is 6.92 Å².